The highest BCUT2D eigenvalue weighted by atomic mass is 32.2. The number of thiophene rings is 1. The van der Waals surface area contributed by atoms with Gasteiger partial charge in [-0.15, -0.1) is 11.3 Å². The van der Waals surface area contributed by atoms with Crippen LogP contribution in [0.25, 0.3) is 6.08 Å². The van der Waals surface area contributed by atoms with Crippen LogP contribution in [0.4, 0.5) is 4.79 Å². The maximum absolute atomic E-state index is 12.4. The van der Waals surface area contributed by atoms with Crippen LogP contribution in [0.5, 0.6) is 0 Å². The van der Waals surface area contributed by atoms with Gasteiger partial charge in [-0.3, -0.25) is 19.3 Å². The Bertz CT molecular complexity index is 1060. The van der Waals surface area contributed by atoms with Crippen LogP contribution in [-0.2, 0) is 14.8 Å². The number of rotatable bonds is 7. The van der Waals surface area contributed by atoms with Gasteiger partial charge in [-0.25, -0.2) is 13.1 Å². The number of nitrogens with zero attached hydrogens (tertiary/aromatic N) is 1. The third-order valence-electron chi connectivity index (χ3n) is 4.01. The number of imide groups is 1. The Hall–Kier alpha value is -2.47. The molecule has 3 rings (SSSR count). The summed E-state index contributed by atoms with van der Waals surface area (Å²) in [5.74, 6) is -0.816. The Morgan fingerprint density at radius 2 is 1.90 bits per heavy atom. The average Bonchev–Trinajstić information content (AvgIpc) is 3.31. The predicted molar refractivity (Wildman–Crippen MR) is 112 cm³/mol. The summed E-state index contributed by atoms with van der Waals surface area (Å²) in [6, 6.07) is 9.15. The van der Waals surface area contributed by atoms with E-state index in [4.69, 9.17) is 0 Å². The highest BCUT2D eigenvalue weighted by Crippen LogP contribution is 2.32. The first kappa shape index (κ1) is 21.2. The fourth-order valence-corrected chi connectivity index (χ4v) is 4.80. The normalized spacial score (nSPS) is 15.9. The first-order chi connectivity index (χ1) is 13.8. The molecule has 1 saturated heterocycles. The third kappa shape index (κ3) is 4.93. The summed E-state index contributed by atoms with van der Waals surface area (Å²) < 4.78 is 25.6. The molecule has 8 nitrogen and oxygen atoms in total. The topological polar surface area (TPSA) is 113 Å². The maximum atomic E-state index is 12.4. The van der Waals surface area contributed by atoms with Gasteiger partial charge in [0.15, 0.2) is 0 Å². The van der Waals surface area contributed by atoms with Crippen molar-refractivity contribution in [3.63, 3.8) is 0 Å². The second-order valence-corrected chi connectivity index (χ2v) is 9.70. The molecule has 1 aromatic carbocycles. The number of carbonyl (C=O) groups is 3. The van der Waals surface area contributed by atoms with Gasteiger partial charge < -0.3 is 5.32 Å². The maximum Gasteiger partial charge on any atom is 0.293 e. The molecule has 1 aliphatic rings. The molecule has 152 valence electrons. The number of hydrogen-bond donors (Lipinski definition) is 2. The minimum Gasteiger partial charge on any atom is -0.350 e. The summed E-state index contributed by atoms with van der Waals surface area (Å²) in [6.07, 6.45) is 1.68. The van der Waals surface area contributed by atoms with Crippen LogP contribution in [-0.4, -0.2) is 50.5 Å². The lowest BCUT2D eigenvalue weighted by Gasteiger charge is -2.13. The van der Waals surface area contributed by atoms with Crippen molar-refractivity contribution in [3.05, 3.63) is 57.1 Å². The van der Waals surface area contributed by atoms with Crippen molar-refractivity contribution in [1.29, 1.82) is 0 Å². The summed E-state index contributed by atoms with van der Waals surface area (Å²) in [4.78, 5) is 39.1. The number of amides is 3. The van der Waals surface area contributed by atoms with Crippen molar-refractivity contribution in [2.75, 3.05) is 20.1 Å². The zero-order valence-corrected chi connectivity index (χ0v) is 17.7. The third-order valence-corrected chi connectivity index (χ3v) is 7.16. The van der Waals surface area contributed by atoms with E-state index in [-0.39, 0.29) is 34.7 Å². The van der Waals surface area contributed by atoms with Gasteiger partial charge in [-0.05, 0) is 60.6 Å². The fourth-order valence-electron chi connectivity index (χ4n) is 2.48. The van der Waals surface area contributed by atoms with Crippen LogP contribution < -0.4 is 10.0 Å². The molecule has 0 atom stereocenters. The van der Waals surface area contributed by atoms with Crippen LogP contribution in [0.3, 0.4) is 0 Å². The van der Waals surface area contributed by atoms with E-state index in [2.05, 4.69) is 10.0 Å². The minimum atomic E-state index is -3.58. The van der Waals surface area contributed by atoms with Crippen LogP contribution >= 0.6 is 23.1 Å². The number of nitrogens with one attached hydrogen (secondary N) is 2. The Morgan fingerprint density at radius 3 is 2.52 bits per heavy atom. The van der Waals surface area contributed by atoms with Crippen molar-refractivity contribution in [1.82, 2.24) is 14.9 Å². The van der Waals surface area contributed by atoms with E-state index in [1.165, 1.54) is 42.6 Å². The number of sulfonamides is 1. The molecule has 0 saturated carbocycles. The fraction of sp³-hybridized carbons (Fsp3) is 0.167. The lowest BCUT2D eigenvalue weighted by atomic mass is 10.2. The molecule has 0 bridgehead atoms. The lowest BCUT2D eigenvalue weighted by molar-refractivity contribution is -0.122. The molecular formula is C18H17N3O5S3. The SMILES string of the molecule is CNS(=O)(=O)c1ccc(C(=O)NCCN2C(=O)S/C(=C/c3cccs3)C2=O)cc1. The number of benzene rings is 1. The van der Waals surface area contributed by atoms with Gasteiger partial charge in [0.2, 0.25) is 10.0 Å². The molecule has 1 aliphatic heterocycles. The molecule has 0 spiro atoms. The summed E-state index contributed by atoms with van der Waals surface area (Å²) in [5.41, 5.74) is 0.270. The largest absolute Gasteiger partial charge is 0.350 e. The Labute approximate surface area is 176 Å². The van der Waals surface area contributed by atoms with Crippen LogP contribution in [0.2, 0.25) is 0 Å². The lowest BCUT2D eigenvalue weighted by Crippen LogP contribution is -2.37. The molecule has 2 aromatic rings. The van der Waals surface area contributed by atoms with Gasteiger partial charge >= 0.3 is 0 Å². The number of hydrogen-bond acceptors (Lipinski definition) is 7. The average molecular weight is 452 g/mol. The van der Waals surface area contributed by atoms with E-state index in [1.807, 2.05) is 17.5 Å². The monoisotopic (exact) mass is 451 g/mol. The van der Waals surface area contributed by atoms with Gasteiger partial charge in [-0.1, -0.05) is 6.07 Å². The highest BCUT2D eigenvalue weighted by Gasteiger charge is 2.34. The standard InChI is InChI=1S/C18H17N3O5S3/c1-19-29(25,26)14-6-4-12(5-7-14)16(22)20-8-9-21-17(23)15(28-18(21)24)11-13-3-2-10-27-13/h2-7,10-11,19H,8-9H2,1H3,(H,20,22)/b15-11+. The number of carbonyl (C=O) groups excluding carboxylic acids is 3. The molecular weight excluding hydrogens is 434 g/mol. The molecule has 0 radical (unpaired) electrons. The molecule has 2 heterocycles. The van der Waals surface area contributed by atoms with Crippen molar-refractivity contribution in [2.45, 2.75) is 4.90 Å². The molecule has 3 amide bonds. The van der Waals surface area contributed by atoms with E-state index in [0.717, 1.165) is 21.5 Å². The van der Waals surface area contributed by atoms with Crippen LogP contribution in [0.15, 0.2) is 51.6 Å². The first-order valence-electron chi connectivity index (χ1n) is 8.42. The smallest absolute Gasteiger partial charge is 0.293 e. The number of thioether (sulfide) groups is 1. The second-order valence-electron chi connectivity index (χ2n) is 5.84. The van der Waals surface area contributed by atoms with E-state index >= 15 is 0 Å². The molecule has 29 heavy (non-hydrogen) atoms. The molecule has 0 aliphatic carbocycles. The van der Waals surface area contributed by atoms with E-state index in [0.29, 0.717) is 4.91 Å². The summed E-state index contributed by atoms with van der Waals surface area (Å²) in [5, 5.41) is 4.12. The summed E-state index contributed by atoms with van der Waals surface area (Å²) in [6.45, 7) is 0.129. The summed E-state index contributed by atoms with van der Waals surface area (Å²) in [7, 11) is -2.27. The van der Waals surface area contributed by atoms with Gasteiger partial charge in [0, 0.05) is 23.5 Å². The van der Waals surface area contributed by atoms with Crippen LogP contribution in [0, 0.1) is 0 Å². The Morgan fingerprint density at radius 1 is 1.17 bits per heavy atom. The van der Waals surface area contributed by atoms with Gasteiger partial charge in [0.1, 0.15) is 0 Å². The molecule has 0 unspecified atom stereocenters. The molecule has 1 fully saturated rings. The highest BCUT2D eigenvalue weighted by molar-refractivity contribution is 8.18. The second kappa shape index (κ2) is 8.91. The zero-order valence-electron chi connectivity index (χ0n) is 15.2. The van der Waals surface area contributed by atoms with Gasteiger partial charge in [0.05, 0.1) is 9.80 Å². The quantitative estimate of drug-likeness (QED) is 0.624. The van der Waals surface area contributed by atoms with Gasteiger partial charge in [-0.2, -0.15) is 0 Å². The van der Waals surface area contributed by atoms with Crippen molar-refractivity contribution < 1.29 is 22.8 Å². The van der Waals surface area contributed by atoms with E-state index in [9.17, 15) is 22.8 Å². The predicted octanol–water partition coefficient (Wildman–Crippen LogP) is 2.12. The zero-order chi connectivity index (χ0) is 21.0. The Kier molecular flexibility index (Phi) is 6.52. The van der Waals surface area contributed by atoms with Crippen molar-refractivity contribution in [2.24, 2.45) is 0 Å². The Balaban J connectivity index is 1.56. The molecule has 2 N–H and O–H groups in total. The van der Waals surface area contributed by atoms with Crippen LogP contribution in [0.1, 0.15) is 15.2 Å². The minimum absolute atomic E-state index is 0.0460. The molecule has 1 aromatic heterocycles. The van der Waals surface area contributed by atoms with E-state index < -0.39 is 15.9 Å². The van der Waals surface area contributed by atoms with Crippen molar-refractivity contribution >= 4 is 56.3 Å². The van der Waals surface area contributed by atoms with E-state index in [1.54, 1.807) is 6.08 Å². The first-order valence-corrected chi connectivity index (χ1v) is 11.6. The van der Waals surface area contributed by atoms with Crippen molar-refractivity contribution in [3.8, 4) is 0 Å². The van der Waals surface area contributed by atoms with Gasteiger partial charge in [0.25, 0.3) is 17.1 Å². The summed E-state index contributed by atoms with van der Waals surface area (Å²) >= 11 is 2.34. The molecule has 11 heteroatoms.